The third-order valence-corrected chi connectivity index (χ3v) is 3.53. The smallest absolute Gasteiger partial charge is 0.301 e. The number of imidazole rings is 1. The lowest BCUT2D eigenvalue weighted by Crippen LogP contribution is -2.22. The first kappa shape index (κ1) is 11.8. The maximum atomic E-state index is 12.6. The number of aryl methyl sites for hydroxylation is 2. The number of benzene rings is 1. The molecule has 0 saturated carbocycles. The zero-order chi connectivity index (χ0) is 14.6. The van der Waals surface area contributed by atoms with Crippen molar-refractivity contribution < 1.29 is 4.52 Å². The first-order chi connectivity index (χ1) is 10.2. The molecule has 0 spiro atoms. The van der Waals surface area contributed by atoms with Gasteiger partial charge in [0.15, 0.2) is 5.52 Å². The average molecular weight is 281 g/mol. The minimum Gasteiger partial charge on any atom is -0.360 e. The molecule has 104 valence electrons. The van der Waals surface area contributed by atoms with E-state index in [1.54, 1.807) is 19.3 Å². The lowest BCUT2D eigenvalue weighted by molar-refractivity contribution is 0.405. The summed E-state index contributed by atoms with van der Waals surface area (Å²) in [4.78, 5) is 19.9. The van der Waals surface area contributed by atoms with Crippen LogP contribution in [0.4, 0.5) is 0 Å². The van der Waals surface area contributed by atoms with Crippen LogP contribution in [-0.4, -0.2) is 24.9 Å². The fraction of sp³-hybridized carbons (Fsp3) is 0.143. The number of rotatable bonds is 1. The van der Waals surface area contributed by atoms with Crippen LogP contribution in [0, 0.1) is 13.8 Å². The second kappa shape index (κ2) is 4.02. The zero-order valence-electron chi connectivity index (χ0n) is 11.4. The number of para-hydroxylation sites is 1. The Morgan fingerprint density at radius 2 is 2.10 bits per heavy atom. The van der Waals surface area contributed by atoms with Gasteiger partial charge in [-0.05, 0) is 26.0 Å². The molecule has 0 amide bonds. The largest absolute Gasteiger partial charge is 0.360 e. The molecule has 3 heterocycles. The molecule has 7 heteroatoms. The molecule has 0 unspecified atom stereocenters. The number of aromatic nitrogens is 5. The second-order valence-electron chi connectivity index (χ2n) is 4.84. The Kier molecular flexibility index (Phi) is 2.26. The summed E-state index contributed by atoms with van der Waals surface area (Å²) in [5.74, 6) is 0.595. The van der Waals surface area contributed by atoms with E-state index in [1.165, 1.54) is 4.68 Å². The van der Waals surface area contributed by atoms with Gasteiger partial charge in [-0.1, -0.05) is 11.2 Å². The third-order valence-electron chi connectivity index (χ3n) is 3.53. The van der Waals surface area contributed by atoms with Gasteiger partial charge in [0.25, 0.3) is 0 Å². The Labute approximate surface area is 118 Å². The van der Waals surface area contributed by atoms with Crippen molar-refractivity contribution in [3.63, 3.8) is 0 Å². The SMILES string of the molecule is Cc1nn(-c2cccc3[nH]cnc23)c(=O)c2noc(C)c12. The normalized spacial score (nSPS) is 11.5. The van der Waals surface area contributed by atoms with E-state index in [0.29, 0.717) is 28.0 Å². The van der Waals surface area contributed by atoms with Gasteiger partial charge in [0, 0.05) is 0 Å². The fourth-order valence-corrected chi connectivity index (χ4v) is 2.57. The molecule has 0 atom stereocenters. The van der Waals surface area contributed by atoms with Crippen LogP contribution in [-0.2, 0) is 0 Å². The van der Waals surface area contributed by atoms with E-state index < -0.39 is 0 Å². The lowest BCUT2D eigenvalue weighted by atomic mass is 10.2. The van der Waals surface area contributed by atoms with Crippen molar-refractivity contribution in [2.45, 2.75) is 13.8 Å². The molecule has 0 bridgehead atoms. The molecule has 0 radical (unpaired) electrons. The number of H-pyrrole nitrogens is 1. The molecule has 4 aromatic rings. The van der Waals surface area contributed by atoms with E-state index >= 15 is 0 Å². The molecule has 1 N–H and O–H groups in total. The summed E-state index contributed by atoms with van der Waals surface area (Å²) in [6, 6.07) is 5.54. The van der Waals surface area contributed by atoms with Crippen LogP contribution in [0.15, 0.2) is 33.8 Å². The standard InChI is InChI=1S/C14H11N5O2/c1-7-11-8(2)21-18-13(11)14(20)19(17-7)10-5-3-4-9-12(10)16-6-15-9/h3-6H,1-2H3,(H,15,16). The van der Waals surface area contributed by atoms with Gasteiger partial charge in [0.1, 0.15) is 11.3 Å². The van der Waals surface area contributed by atoms with Crippen molar-refractivity contribution in [1.29, 1.82) is 0 Å². The summed E-state index contributed by atoms with van der Waals surface area (Å²) < 4.78 is 6.44. The van der Waals surface area contributed by atoms with Crippen LogP contribution in [0.3, 0.4) is 0 Å². The molecule has 0 aliphatic carbocycles. The van der Waals surface area contributed by atoms with Crippen molar-refractivity contribution in [3.8, 4) is 5.69 Å². The molecule has 1 aromatic carbocycles. The Bertz CT molecular complexity index is 1040. The van der Waals surface area contributed by atoms with Gasteiger partial charge < -0.3 is 9.51 Å². The summed E-state index contributed by atoms with van der Waals surface area (Å²) in [7, 11) is 0. The van der Waals surface area contributed by atoms with Crippen LogP contribution in [0.2, 0.25) is 0 Å². The van der Waals surface area contributed by atoms with Crippen molar-refractivity contribution in [1.82, 2.24) is 24.9 Å². The number of aromatic amines is 1. The Morgan fingerprint density at radius 3 is 2.95 bits per heavy atom. The molecular weight excluding hydrogens is 270 g/mol. The van der Waals surface area contributed by atoms with Gasteiger partial charge in [-0.2, -0.15) is 9.78 Å². The van der Waals surface area contributed by atoms with Crippen molar-refractivity contribution >= 4 is 21.9 Å². The van der Waals surface area contributed by atoms with Gasteiger partial charge in [0.05, 0.1) is 28.6 Å². The highest BCUT2D eigenvalue weighted by molar-refractivity contribution is 5.85. The average Bonchev–Trinajstić information content (AvgIpc) is 3.09. The maximum absolute atomic E-state index is 12.6. The lowest BCUT2D eigenvalue weighted by Gasteiger charge is -2.06. The Balaban J connectivity index is 2.14. The quantitative estimate of drug-likeness (QED) is 0.575. The van der Waals surface area contributed by atoms with Gasteiger partial charge in [0.2, 0.25) is 0 Å². The van der Waals surface area contributed by atoms with Crippen LogP contribution in [0.25, 0.3) is 27.6 Å². The number of hydrogen-bond donors (Lipinski definition) is 1. The predicted octanol–water partition coefficient (Wildman–Crippen LogP) is 1.87. The van der Waals surface area contributed by atoms with Crippen molar-refractivity contribution in [2.75, 3.05) is 0 Å². The van der Waals surface area contributed by atoms with Gasteiger partial charge in [-0.3, -0.25) is 4.79 Å². The number of nitrogens with zero attached hydrogens (tertiary/aromatic N) is 4. The highest BCUT2D eigenvalue weighted by Crippen LogP contribution is 2.20. The summed E-state index contributed by atoms with van der Waals surface area (Å²) >= 11 is 0. The molecule has 7 nitrogen and oxygen atoms in total. The molecule has 0 aliphatic rings. The predicted molar refractivity (Wildman–Crippen MR) is 76.5 cm³/mol. The first-order valence-electron chi connectivity index (χ1n) is 6.45. The molecule has 0 saturated heterocycles. The van der Waals surface area contributed by atoms with E-state index in [-0.39, 0.29) is 11.1 Å². The Morgan fingerprint density at radius 1 is 1.24 bits per heavy atom. The molecule has 4 rings (SSSR count). The summed E-state index contributed by atoms with van der Waals surface area (Å²) in [6.45, 7) is 3.59. The number of hydrogen-bond acceptors (Lipinski definition) is 5. The second-order valence-corrected chi connectivity index (χ2v) is 4.84. The van der Waals surface area contributed by atoms with E-state index in [2.05, 4.69) is 20.2 Å². The topological polar surface area (TPSA) is 89.6 Å². The summed E-state index contributed by atoms with van der Waals surface area (Å²) in [5.41, 5.74) is 2.80. The summed E-state index contributed by atoms with van der Waals surface area (Å²) in [6.07, 6.45) is 1.59. The third kappa shape index (κ3) is 1.54. The fourth-order valence-electron chi connectivity index (χ4n) is 2.57. The van der Waals surface area contributed by atoms with Gasteiger partial charge >= 0.3 is 5.56 Å². The van der Waals surface area contributed by atoms with Crippen LogP contribution >= 0.6 is 0 Å². The molecule has 21 heavy (non-hydrogen) atoms. The zero-order valence-corrected chi connectivity index (χ0v) is 11.4. The maximum Gasteiger partial charge on any atom is 0.301 e. The van der Waals surface area contributed by atoms with E-state index in [9.17, 15) is 4.79 Å². The van der Waals surface area contributed by atoms with Crippen molar-refractivity contribution in [2.24, 2.45) is 0 Å². The van der Waals surface area contributed by atoms with Gasteiger partial charge in [-0.25, -0.2) is 4.98 Å². The number of nitrogens with one attached hydrogen (secondary N) is 1. The molecule has 3 aromatic heterocycles. The van der Waals surface area contributed by atoms with Crippen LogP contribution < -0.4 is 5.56 Å². The Hall–Kier alpha value is -2.96. The van der Waals surface area contributed by atoms with Crippen LogP contribution in [0.5, 0.6) is 0 Å². The highest BCUT2D eigenvalue weighted by atomic mass is 16.5. The van der Waals surface area contributed by atoms with Gasteiger partial charge in [-0.15, -0.1) is 0 Å². The number of fused-ring (bicyclic) bond motifs is 2. The molecular formula is C14H11N5O2. The monoisotopic (exact) mass is 281 g/mol. The molecule has 0 fully saturated rings. The first-order valence-corrected chi connectivity index (χ1v) is 6.45. The van der Waals surface area contributed by atoms with E-state index in [1.807, 2.05) is 19.1 Å². The summed E-state index contributed by atoms with van der Waals surface area (Å²) in [5, 5.41) is 8.91. The van der Waals surface area contributed by atoms with E-state index in [4.69, 9.17) is 4.52 Å². The van der Waals surface area contributed by atoms with Crippen LogP contribution in [0.1, 0.15) is 11.5 Å². The molecule has 0 aliphatic heterocycles. The highest BCUT2D eigenvalue weighted by Gasteiger charge is 2.17. The van der Waals surface area contributed by atoms with E-state index in [0.717, 1.165) is 5.52 Å². The minimum atomic E-state index is -0.317. The minimum absolute atomic E-state index is 0.285. The van der Waals surface area contributed by atoms with Crippen molar-refractivity contribution in [3.05, 3.63) is 46.3 Å².